The van der Waals surface area contributed by atoms with Crippen molar-refractivity contribution in [2.45, 2.75) is 63.8 Å². The quantitative estimate of drug-likeness (QED) is 0.696. The van der Waals surface area contributed by atoms with Crippen molar-refractivity contribution in [3.63, 3.8) is 0 Å². The zero-order valence-electron chi connectivity index (χ0n) is 17.7. The standard InChI is InChI=1S/C22H34N2O4S/c1-3-4-17-29(26,27)24-15-11-18(12-16-24)21(25)23-22(13-5-6-14-22)19-7-9-20(28-2)10-8-19/h7-10,18H,3-6,11-17H2,1-2H3,(H,23,25). The van der Waals surface area contributed by atoms with Crippen molar-refractivity contribution in [2.24, 2.45) is 5.92 Å². The highest BCUT2D eigenvalue weighted by Gasteiger charge is 2.39. The molecule has 1 aliphatic heterocycles. The van der Waals surface area contributed by atoms with Crippen molar-refractivity contribution >= 4 is 15.9 Å². The average molecular weight is 423 g/mol. The highest BCUT2D eigenvalue weighted by atomic mass is 32.2. The van der Waals surface area contributed by atoms with Gasteiger partial charge in [0.05, 0.1) is 18.4 Å². The predicted molar refractivity (Wildman–Crippen MR) is 114 cm³/mol. The van der Waals surface area contributed by atoms with Crippen LogP contribution in [0.25, 0.3) is 0 Å². The number of carbonyl (C=O) groups excluding carboxylic acids is 1. The van der Waals surface area contributed by atoms with Crippen LogP contribution in [0.5, 0.6) is 5.75 Å². The van der Waals surface area contributed by atoms with Gasteiger partial charge in [-0.3, -0.25) is 4.79 Å². The van der Waals surface area contributed by atoms with Crippen molar-refractivity contribution in [3.05, 3.63) is 29.8 Å². The number of hydrogen-bond donors (Lipinski definition) is 1. The van der Waals surface area contributed by atoms with E-state index in [4.69, 9.17) is 4.74 Å². The maximum Gasteiger partial charge on any atom is 0.223 e. The number of hydrogen-bond acceptors (Lipinski definition) is 4. The van der Waals surface area contributed by atoms with Gasteiger partial charge in [-0.1, -0.05) is 38.3 Å². The first-order valence-corrected chi connectivity index (χ1v) is 12.5. The summed E-state index contributed by atoms with van der Waals surface area (Å²) in [6.45, 7) is 2.88. The molecule has 1 heterocycles. The molecule has 0 unspecified atom stereocenters. The number of rotatable bonds is 8. The molecule has 1 aliphatic carbocycles. The molecule has 0 bridgehead atoms. The lowest BCUT2D eigenvalue weighted by atomic mass is 9.86. The van der Waals surface area contributed by atoms with E-state index in [9.17, 15) is 13.2 Å². The van der Waals surface area contributed by atoms with Gasteiger partial charge >= 0.3 is 0 Å². The largest absolute Gasteiger partial charge is 0.497 e. The SMILES string of the molecule is CCCCS(=O)(=O)N1CCC(C(=O)NC2(c3ccc(OC)cc3)CCCC2)CC1. The third-order valence-electron chi connectivity index (χ3n) is 6.44. The summed E-state index contributed by atoms with van der Waals surface area (Å²) in [7, 11) is -1.54. The molecule has 6 nitrogen and oxygen atoms in total. The van der Waals surface area contributed by atoms with Gasteiger partial charge in [0, 0.05) is 19.0 Å². The minimum atomic E-state index is -3.19. The fraction of sp³-hybridized carbons (Fsp3) is 0.682. The molecule has 0 aromatic heterocycles. The van der Waals surface area contributed by atoms with Gasteiger partial charge in [-0.15, -0.1) is 0 Å². The molecule has 0 radical (unpaired) electrons. The van der Waals surface area contributed by atoms with Gasteiger partial charge in [-0.25, -0.2) is 12.7 Å². The maximum atomic E-state index is 13.1. The number of sulfonamides is 1. The molecule has 1 aromatic rings. The van der Waals surface area contributed by atoms with E-state index in [1.807, 2.05) is 31.2 Å². The molecule has 0 atom stereocenters. The lowest BCUT2D eigenvalue weighted by Crippen LogP contribution is -2.49. The van der Waals surface area contributed by atoms with E-state index in [1.165, 1.54) is 0 Å². The van der Waals surface area contributed by atoms with Crippen molar-refractivity contribution in [2.75, 3.05) is 26.0 Å². The summed E-state index contributed by atoms with van der Waals surface area (Å²) >= 11 is 0. The molecule has 1 N–H and O–H groups in total. The number of unbranched alkanes of at least 4 members (excludes halogenated alkanes) is 1. The van der Waals surface area contributed by atoms with E-state index in [2.05, 4.69) is 5.32 Å². The second-order valence-electron chi connectivity index (χ2n) is 8.35. The number of piperidine rings is 1. The van der Waals surface area contributed by atoms with Crippen LogP contribution in [0.1, 0.15) is 63.9 Å². The van der Waals surface area contributed by atoms with Gasteiger partial charge < -0.3 is 10.1 Å². The zero-order valence-corrected chi connectivity index (χ0v) is 18.5. The summed E-state index contributed by atoms with van der Waals surface area (Å²) < 4.78 is 31.6. The molecule has 1 saturated carbocycles. The van der Waals surface area contributed by atoms with Gasteiger partial charge in [0.2, 0.25) is 15.9 Å². The van der Waals surface area contributed by atoms with Crippen LogP contribution < -0.4 is 10.1 Å². The zero-order chi connectivity index (χ0) is 20.9. The van der Waals surface area contributed by atoms with E-state index < -0.39 is 10.0 Å². The van der Waals surface area contributed by atoms with Crippen molar-refractivity contribution in [1.82, 2.24) is 9.62 Å². The summed E-state index contributed by atoms with van der Waals surface area (Å²) in [4.78, 5) is 13.1. The lowest BCUT2D eigenvalue weighted by molar-refractivity contribution is -0.128. The van der Waals surface area contributed by atoms with E-state index in [-0.39, 0.29) is 23.1 Å². The van der Waals surface area contributed by atoms with Crippen LogP contribution in [-0.2, 0) is 20.4 Å². The van der Waals surface area contributed by atoms with Crippen molar-refractivity contribution in [1.29, 1.82) is 0 Å². The number of ether oxygens (including phenoxy) is 1. The number of benzene rings is 1. The smallest absolute Gasteiger partial charge is 0.223 e. The van der Waals surface area contributed by atoms with E-state index >= 15 is 0 Å². The van der Waals surface area contributed by atoms with E-state index in [1.54, 1.807) is 11.4 Å². The van der Waals surface area contributed by atoms with Gasteiger partial charge in [-0.05, 0) is 49.8 Å². The number of carbonyl (C=O) groups is 1. The normalized spacial score (nSPS) is 20.5. The molecular weight excluding hydrogens is 388 g/mol. The molecule has 29 heavy (non-hydrogen) atoms. The Kier molecular flexibility index (Phi) is 7.22. The first-order valence-electron chi connectivity index (χ1n) is 10.8. The maximum absolute atomic E-state index is 13.1. The molecule has 2 aliphatic rings. The second-order valence-corrected chi connectivity index (χ2v) is 10.4. The first kappa shape index (κ1) is 22.1. The summed E-state index contributed by atoms with van der Waals surface area (Å²) in [5.41, 5.74) is 0.817. The predicted octanol–water partition coefficient (Wildman–Crippen LogP) is 3.42. The number of methoxy groups -OCH3 is 1. The van der Waals surface area contributed by atoms with E-state index in [0.29, 0.717) is 32.4 Å². The Morgan fingerprint density at radius 1 is 1.17 bits per heavy atom. The van der Waals surface area contributed by atoms with Crippen LogP contribution in [0.4, 0.5) is 0 Å². The molecule has 0 spiro atoms. The Bertz CT molecular complexity index is 778. The summed E-state index contributed by atoms with van der Waals surface area (Å²) in [6.07, 6.45) is 6.82. The second kappa shape index (κ2) is 9.47. The van der Waals surface area contributed by atoms with Crippen LogP contribution in [0.15, 0.2) is 24.3 Å². The highest BCUT2D eigenvalue weighted by molar-refractivity contribution is 7.89. The fourth-order valence-corrected chi connectivity index (χ4v) is 6.24. The Morgan fingerprint density at radius 3 is 2.34 bits per heavy atom. The third-order valence-corrected chi connectivity index (χ3v) is 8.39. The molecule has 162 valence electrons. The van der Waals surface area contributed by atoms with Crippen LogP contribution in [0.3, 0.4) is 0 Å². The fourth-order valence-electron chi connectivity index (χ4n) is 4.56. The molecule has 1 saturated heterocycles. The number of nitrogens with zero attached hydrogens (tertiary/aromatic N) is 1. The lowest BCUT2D eigenvalue weighted by Gasteiger charge is -2.35. The van der Waals surface area contributed by atoms with Crippen LogP contribution in [0, 0.1) is 5.92 Å². The number of amides is 1. The first-order chi connectivity index (χ1) is 13.9. The monoisotopic (exact) mass is 422 g/mol. The molecule has 7 heteroatoms. The molecule has 3 rings (SSSR count). The van der Waals surface area contributed by atoms with Crippen LogP contribution >= 0.6 is 0 Å². The van der Waals surface area contributed by atoms with Gasteiger partial charge in [0.15, 0.2) is 0 Å². The van der Waals surface area contributed by atoms with Crippen LogP contribution in [-0.4, -0.2) is 44.6 Å². The Hall–Kier alpha value is -1.60. The molecular formula is C22H34N2O4S. The molecule has 1 aromatic carbocycles. The highest BCUT2D eigenvalue weighted by Crippen LogP contribution is 2.40. The summed E-state index contributed by atoms with van der Waals surface area (Å²) in [6, 6.07) is 7.99. The number of nitrogens with one attached hydrogen (secondary N) is 1. The van der Waals surface area contributed by atoms with Gasteiger partial charge in [0.25, 0.3) is 0 Å². The Labute approximate surface area is 175 Å². The summed E-state index contributed by atoms with van der Waals surface area (Å²) in [5.74, 6) is 0.961. The van der Waals surface area contributed by atoms with Crippen molar-refractivity contribution in [3.8, 4) is 5.75 Å². The van der Waals surface area contributed by atoms with Crippen LogP contribution in [0.2, 0.25) is 0 Å². The topological polar surface area (TPSA) is 75.7 Å². The van der Waals surface area contributed by atoms with Gasteiger partial charge in [-0.2, -0.15) is 0 Å². The average Bonchev–Trinajstić information content (AvgIpc) is 3.22. The Morgan fingerprint density at radius 2 is 1.79 bits per heavy atom. The molecule has 2 fully saturated rings. The minimum Gasteiger partial charge on any atom is -0.497 e. The van der Waals surface area contributed by atoms with Gasteiger partial charge in [0.1, 0.15) is 5.75 Å². The summed E-state index contributed by atoms with van der Waals surface area (Å²) in [5, 5.41) is 3.36. The van der Waals surface area contributed by atoms with Crippen molar-refractivity contribution < 1.29 is 17.9 Å². The molecule has 1 amide bonds. The third kappa shape index (κ3) is 5.12. The minimum absolute atomic E-state index is 0.0633. The van der Waals surface area contributed by atoms with E-state index in [0.717, 1.165) is 43.4 Å². The Balaban J connectivity index is 1.63.